The van der Waals surface area contributed by atoms with Gasteiger partial charge in [0.2, 0.25) is 0 Å². The van der Waals surface area contributed by atoms with Crippen LogP contribution in [0, 0.1) is 12.7 Å². The molecular formula is C21H14Cl2FN3OS. The maximum absolute atomic E-state index is 13.5. The largest absolute Gasteiger partial charge is 0.279 e. The molecule has 0 spiro atoms. The number of amides is 1. The minimum Gasteiger partial charge on any atom is -0.279 e. The van der Waals surface area contributed by atoms with E-state index in [4.69, 9.17) is 23.2 Å². The lowest BCUT2D eigenvalue weighted by atomic mass is 10.2. The first-order valence-corrected chi connectivity index (χ1v) is 10.2. The maximum atomic E-state index is 13.5. The van der Waals surface area contributed by atoms with E-state index in [1.54, 1.807) is 18.5 Å². The van der Waals surface area contributed by atoms with Crippen LogP contribution in [0.15, 0.2) is 54.9 Å². The Balaban J connectivity index is 1.83. The number of pyridine rings is 1. The molecule has 0 N–H and O–H groups in total. The monoisotopic (exact) mass is 445 g/mol. The summed E-state index contributed by atoms with van der Waals surface area (Å²) in [5.74, 6) is -0.889. The maximum Gasteiger partial charge on any atom is 0.261 e. The third kappa shape index (κ3) is 3.96. The lowest BCUT2D eigenvalue weighted by Crippen LogP contribution is -2.30. The van der Waals surface area contributed by atoms with Crippen LogP contribution < -0.4 is 4.90 Å². The van der Waals surface area contributed by atoms with Crippen molar-refractivity contribution in [3.8, 4) is 0 Å². The summed E-state index contributed by atoms with van der Waals surface area (Å²) in [6, 6.07) is 11.1. The van der Waals surface area contributed by atoms with Gasteiger partial charge in [-0.2, -0.15) is 0 Å². The number of carbonyl (C=O) groups excluding carboxylic acids is 1. The Kier molecular flexibility index (Phi) is 5.50. The van der Waals surface area contributed by atoms with E-state index in [9.17, 15) is 9.18 Å². The van der Waals surface area contributed by atoms with Gasteiger partial charge in [0, 0.05) is 12.4 Å². The number of nitrogens with zero attached hydrogens (tertiary/aromatic N) is 3. The zero-order valence-corrected chi connectivity index (χ0v) is 17.5. The Morgan fingerprint density at radius 1 is 1.17 bits per heavy atom. The number of rotatable bonds is 4. The van der Waals surface area contributed by atoms with Crippen LogP contribution in [0.3, 0.4) is 0 Å². The summed E-state index contributed by atoms with van der Waals surface area (Å²) in [6.45, 7) is 2.17. The van der Waals surface area contributed by atoms with Crippen molar-refractivity contribution in [2.45, 2.75) is 13.5 Å². The number of carbonyl (C=O) groups is 1. The van der Waals surface area contributed by atoms with Crippen LogP contribution in [0.2, 0.25) is 10.0 Å². The Bertz CT molecular complexity index is 1170. The molecule has 29 heavy (non-hydrogen) atoms. The second-order valence-corrected chi connectivity index (χ2v) is 8.21. The first-order valence-electron chi connectivity index (χ1n) is 8.65. The van der Waals surface area contributed by atoms with Crippen molar-refractivity contribution >= 4 is 55.8 Å². The number of halogens is 3. The minimum atomic E-state index is -0.507. The third-order valence-electron chi connectivity index (χ3n) is 4.39. The molecule has 0 fully saturated rings. The van der Waals surface area contributed by atoms with Gasteiger partial charge in [0.05, 0.1) is 32.4 Å². The molecule has 8 heteroatoms. The molecule has 2 aromatic carbocycles. The van der Waals surface area contributed by atoms with E-state index in [0.717, 1.165) is 27.4 Å². The summed E-state index contributed by atoms with van der Waals surface area (Å²) < 4.78 is 14.3. The molecule has 4 nitrogen and oxygen atoms in total. The number of aryl methyl sites for hydroxylation is 1. The van der Waals surface area contributed by atoms with Crippen molar-refractivity contribution in [2.75, 3.05) is 4.90 Å². The Labute approximate surface area is 180 Å². The number of thiazole rings is 1. The van der Waals surface area contributed by atoms with Crippen LogP contribution in [-0.2, 0) is 6.54 Å². The molecule has 146 valence electrons. The quantitative estimate of drug-likeness (QED) is 0.370. The van der Waals surface area contributed by atoms with E-state index in [1.165, 1.54) is 28.4 Å². The second-order valence-electron chi connectivity index (χ2n) is 6.42. The summed E-state index contributed by atoms with van der Waals surface area (Å²) in [7, 11) is 0. The van der Waals surface area contributed by atoms with Gasteiger partial charge in [-0.15, -0.1) is 0 Å². The van der Waals surface area contributed by atoms with E-state index in [2.05, 4.69) is 9.97 Å². The van der Waals surface area contributed by atoms with Crippen molar-refractivity contribution < 1.29 is 9.18 Å². The summed E-state index contributed by atoms with van der Waals surface area (Å²) >= 11 is 13.8. The molecule has 4 rings (SSSR count). The topological polar surface area (TPSA) is 46.1 Å². The smallest absolute Gasteiger partial charge is 0.261 e. The first kappa shape index (κ1) is 19.8. The van der Waals surface area contributed by atoms with Gasteiger partial charge in [-0.1, -0.05) is 46.7 Å². The molecule has 0 aliphatic carbocycles. The van der Waals surface area contributed by atoms with E-state index in [0.29, 0.717) is 10.2 Å². The predicted octanol–water partition coefficient (Wildman–Crippen LogP) is 6.29. The van der Waals surface area contributed by atoms with Crippen LogP contribution in [0.25, 0.3) is 10.2 Å². The van der Waals surface area contributed by atoms with Gasteiger partial charge in [-0.3, -0.25) is 14.7 Å². The number of fused-ring (bicyclic) bond motifs is 1. The fourth-order valence-corrected chi connectivity index (χ4v) is 4.48. The normalized spacial score (nSPS) is 11.0. The zero-order chi connectivity index (χ0) is 20.5. The molecule has 0 aliphatic heterocycles. The van der Waals surface area contributed by atoms with Gasteiger partial charge in [0.25, 0.3) is 5.91 Å². The Hall–Kier alpha value is -2.54. The molecule has 4 aromatic rings. The highest BCUT2D eigenvalue weighted by atomic mass is 35.5. The molecule has 0 saturated heterocycles. The fraction of sp³-hybridized carbons (Fsp3) is 0.0952. The molecule has 2 heterocycles. The number of anilines is 1. The van der Waals surface area contributed by atoms with Crippen LogP contribution >= 0.6 is 34.5 Å². The van der Waals surface area contributed by atoms with Crippen molar-refractivity contribution in [3.63, 3.8) is 0 Å². The molecule has 0 unspecified atom stereocenters. The van der Waals surface area contributed by atoms with Crippen molar-refractivity contribution in [3.05, 3.63) is 87.4 Å². The lowest BCUT2D eigenvalue weighted by molar-refractivity contribution is 0.0985. The van der Waals surface area contributed by atoms with Crippen LogP contribution in [-0.4, -0.2) is 15.9 Å². The van der Waals surface area contributed by atoms with Gasteiger partial charge < -0.3 is 0 Å². The van der Waals surface area contributed by atoms with E-state index in [-0.39, 0.29) is 23.0 Å². The van der Waals surface area contributed by atoms with Crippen molar-refractivity contribution in [2.24, 2.45) is 0 Å². The first-order chi connectivity index (χ1) is 13.9. The second kappa shape index (κ2) is 8.06. The fourth-order valence-electron chi connectivity index (χ4n) is 2.92. The standard InChI is InChI=1S/C21H14Cl2FN3OS/c1-12-4-7-16(22)19-18(12)26-21(29-19)27(11-13-3-2-8-25-10-13)20(28)15-6-5-14(24)9-17(15)23/h2-10H,11H2,1H3. The molecule has 0 saturated carbocycles. The summed E-state index contributed by atoms with van der Waals surface area (Å²) in [6.07, 6.45) is 3.34. The summed E-state index contributed by atoms with van der Waals surface area (Å²) in [5.41, 5.74) is 2.72. The molecule has 0 bridgehead atoms. The van der Waals surface area contributed by atoms with Crippen molar-refractivity contribution in [1.82, 2.24) is 9.97 Å². The third-order valence-corrected chi connectivity index (χ3v) is 6.24. The molecule has 2 aromatic heterocycles. The highest BCUT2D eigenvalue weighted by Crippen LogP contribution is 2.37. The molecule has 0 atom stereocenters. The number of hydrogen-bond donors (Lipinski definition) is 0. The van der Waals surface area contributed by atoms with Gasteiger partial charge in [-0.25, -0.2) is 9.37 Å². The average molecular weight is 446 g/mol. The van der Waals surface area contributed by atoms with E-state index in [1.807, 2.05) is 25.1 Å². The minimum absolute atomic E-state index is 0.0431. The van der Waals surface area contributed by atoms with Crippen LogP contribution in [0.4, 0.5) is 9.52 Å². The Morgan fingerprint density at radius 2 is 2.00 bits per heavy atom. The highest BCUT2D eigenvalue weighted by Gasteiger charge is 2.24. The van der Waals surface area contributed by atoms with Crippen LogP contribution in [0.5, 0.6) is 0 Å². The number of benzene rings is 2. The SMILES string of the molecule is Cc1ccc(Cl)c2sc(N(Cc3cccnc3)C(=O)c3ccc(F)cc3Cl)nc12. The molecule has 0 aliphatic rings. The summed E-state index contributed by atoms with van der Waals surface area (Å²) in [4.78, 5) is 23.6. The molecular weight excluding hydrogens is 432 g/mol. The Morgan fingerprint density at radius 3 is 2.69 bits per heavy atom. The predicted molar refractivity (Wildman–Crippen MR) is 116 cm³/mol. The van der Waals surface area contributed by atoms with Gasteiger partial charge in [0.15, 0.2) is 5.13 Å². The van der Waals surface area contributed by atoms with Crippen LogP contribution in [0.1, 0.15) is 21.5 Å². The van der Waals surface area contributed by atoms with Gasteiger partial charge >= 0.3 is 0 Å². The lowest BCUT2D eigenvalue weighted by Gasteiger charge is -2.20. The van der Waals surface area contributed by atoms with Gasteiger partial charge in [-0.05, 0) is 48.4 Å². The van der Waals surface area contributed by atoms with E-state index < -0.39 is 5.82 Å². The molecule has 0 radical (unpaired) electrons. The number of aromatic nitrogens is 2. The zero-order valence-electron chi connectivity index (χ0n) is 15.2. The summed E-state index contributed by atoms with van der Waals surface area (Å²) in [5, 5.41) is 1.09. The molecule has 1 amide bonds. The highest BCUT2D eigenvalue weighted by molar-refractivity contribution is 7.23. The average Bonchev–Trinajstić information content (AvgIpc) is 3.16. The van der Waals surface area contributed by atoms with Crippen molar-refractivity contribution in [1.29, 1.82) is 0 Å². The number of hydrogen-bond acceptors (Lipinski definition) is 4. The van der Waals surface area contributed by atoms with E-state index >= 15 is 0 Å². The van der Waals surface area contributed by atoms with Gasteiger partial charge in [0.1, 0.15) is 5.82 Å².